The lowest BCUT2D eigenvalue weighted by atomic mass is 9.94. The van der Waals surface area contributed by atoms with Gasteiger partial charge in [0, 0.05) is 27.1 Å². The fourth-order valence-electron chi connectivity index (χ4n) is 7.51. The Morgan fingerprint density at radius 2 is 1.04 bits per heavy atom. The van der Waals surface area contributed by atoms with Crippen molar-refractivity contribution in [3.8, 4) is 22.5 Å². The van der Waals surface area contributed by atoms with Gasteiger partial charge in [0.2, 0.25) is 5.69 Å². The number of hydrogen-bond acceptors (Lipinski definition) is 0. The highest BCUT2D eigenvalue weighted by Gasteiger charge is 2.37. The van der Waals surface area contributed by atoms with E-state index in [1.165, 1.54) is 30.3 Å². The third kappa shape index (κ3) is 5.21. The number of fused-ring (bicyclic) bond motifs is 6. The molecule has 6 aromatic carbocycles. The fourth-order valence-corrected chi connectivity index (χ4v) is 7.51. The van der Waals surface area contributed by atoms with Crippen LogP contribution in [0.2, 0.25) is 0 Å². The molecule has 0 saturated carbocycles. The minimum atomic E-state index is -4.85. The Morgan fingerprint density at radius 3 is 1.53 bits per heavy atom. The zero-order valence-corrected chi connectivity index (χ0v) is 28.4. The van der Waals surface area contributed by atoms with Crippen molar-refractivity contribution in [3.63, 3.8) is 0 Å². The number of aryl methyl sites for hydroxylation is 3. The van der Waals surface area contributed by atoms with Crippen LogP contribution in [0.25, 0.3) is 75.8 Å². The van der Waals surface area contributed by atoms with Crippen molar-refractivity contribution >= 4 is 55.0 Å². The summed E-state index contributed by atoms with van der Waals surface area (Å²) in [6.07, 6.45) is -9.46. The molecule has 0 aliphatic carbocycles. The van der Waals surface area contributed by atoms with Gasteiger partial charge >= 0.3 is 12.4 Å². The highest BCUT2D eigenvalue weighted by molar-refractivity contribution is 6.13. The first kappa shape index (κ1) is 33.6. The van der Waals surface area contributed by atoms with Gasteiger partial charge in [-0.3, -0.25) is 0 Å². The summed E-state index contributed by atoms with van der Waals surface area (Å²) >= 11 is 0. The summed E-state index contributed by atoms with van der Waals surface area (Å²) in [6, 6.07) is 26.7. The Morgan fingerprint density at radius 1 is 0.528 bits per heavy atom. The molecule has 0 amide bonds. The van der Waals surface area contributed by atoms with Crippen LogP contribution >= 0.6 is 0 Å². The summed E-state index contributed by atoms with van der Waals surface area (Å²) in [6.45, 7) is 22.3. The van der Waals surface area contributed by atoms with Gasteiger partial charge in [0.05, 0.1) is 57.7 Å². The third-order valence-electron chi connectivity index (χ3n) is 9.77. The van der Waals surface area contributed by atoms with E-state index in [2.05, 4.69) is 9.69 Å². The second-order valence-corrected chi connectivity index (χ2v) is 13.2. The van der Waals surface area contributed by atoms with Gasteiger partial charge in [0.25, 0.3) is 0 Å². The normalized spacial score (nSPS) is 12.2. The van der Waals surface area contributed by atoms with Crippen LogP contribution in [0.5, 0.6) is 0 Å². The lowest BCUT2D eigenvalue weighted by Crippen LogP contribution is -2.09. The maximum Gasteiger partial charge on any atom is 0.416 e. The van der Waals surface area contributed by atoms with Crippen molar-refractivity contribution < 1.29 is 26.3 Å². The Labute approximate surface area is 299 Å². The molecule has 4 nitrogen and oxygen atoms in total. The van der Waals surface area contributed by atoms with Crippen molar-refractivity contribution in [2.24, 2.45) is 0 Å². The number of halogens is 6. The van der Waals surface area contributed by atoms with E-state index >= 15 is 0 Å². The molecule has 0 atom stereocenters. The average Bonchev–Trinajstić information content (AvgIpc) is 3.60. The van der Waals surface area contributed by atoms with Gasteiger partial charge in [-0.1, -0.05) is 59.2 Å². The van der Waals surface area contributed by atoms with E-state index in [1.54, 1.807) is 21.3 Å². The molecule has 2 aromatic heterocycles. The quantitative estimate of drug-likeness (QED) is 0.128. The van der Waals surface area contributed by atoms with Crippen LogP contribution in [-0.4, -0.2) is 9.13 Å². The minimum Gasteiger partial charge on any atom is -0.319 e. The second kappa shape index (κ2) is 11.8. The lowest BCUT2D eigenvalue weighted by Gasteiger charge is -2.23. The Hall–Kier alpha value is -6.52. The maximum absolute atomic E-state index is 14.8. The molecule has 8 rings (SSSR count). The first-order valence-electron chi connectivity index (χ1n) is 16.5. The summed E-state index contributed by atoms with van der Waals surface area (Å²) < 4.78 is 90.0. The van der Waals surface area contributed by atoms with Crippen LogP contribution in [0.15, 0.2) is 103 Å². The SMILES string of the molecule is [C-]#[N+]c1cccc(C(F)(F)F)c1-c1ccc(-n2c3ccc(C)cc3c3cc(C(F)(F)F)ccc32)c([N+]#[C-])c1-n1c2ccc(C)cc2c2cc(C)ccc21. The van der Waals surface area contributed by atoms with E-state index in [0.29, 0.717) is 32.8 Å². The van der Waals surface area contributed by atoms with Gasteiger partial charge in [0.15, 0.2) is 5.69 Å². The van der Waals surface area contributed by atoms with Crippen LogP contribution in [0.4, 0.5) is 37.7 Å². The topological polar surface area (TPSA) is 18.6 Å². The van der Waals surface area contributed by atoms with E-state index in [4.69, 9.17) is 13.1 Å². The zero-order chi connectivity index (χ0) is 37.6. The molecule has 53 heavy (non-hydrogen) atoms. The maximum atomic E-state index is 14.8. The molecule has 8 aromatic rings. The van der Waals surface area contributed by atoms with Crippen LogP contribution in [0.3, 0.4) is 0 Å². The van der Waals surface area contributed by atoms with E-state index < -0.39 is 23.5 Å². The van der Waals surface area contributed by atoms with Gasteiger partial charge in [-0.2, -0.15) is 26.3 Å². The molecule has 0 aliphatic heterocycles. The van der Waals surface area contributed by atoms with Gasteiger partial charge < -0.3 is 9.13 Å². The number of alkyl halides is 6. The van der Waals surface area contributed by atoms with E-state index in [-0.39, 0.29) is 33.9 Å². The Balaban J connectivity index is 1.60. The largest absolute Gasteiger partial charge is 0.416 e. The van der Waals surface area contributed by atoms with Crippen molar-refractivity contribution in [3.05, 3.63) is 154 Å². The molecule has 0 saturated heterocycles. The lowest BCUT2D eigenvalue weighted by molar-refractivity contribution is -0.138. The Bertz CT molecular complexity index is 2870. The van der Waals surface area contributed by atoms with Crippen LogP contribution in [0.1, 0.15) is 27.8 Å². The molecule has 2 heterocycles. The third-order valence-corrected chi connectivity index (χ3v) is 9.77. The number of benzene rings is 6. The minimum absolute atomic E-state index is 0.00888. The van der Waals surface area contributed by atoms with Crippen LogP contribution in [0, 0.1) is 33.9 Å². The zero-order valence-electron chi connectivity index (χ0n) is 28.4. The van der Waals surface area contributed by atoms with Gasteiger partial charge in [0.1, 0.15) is 0 Å². The Kier molecular flexibility index (Phi) is 7.46. The summed E-state index contributed by atoms with van der Waals surface area (Å²) in [7, 11) is 0. The fraction of sp³-hybridized carbons (Fsp3) is 0.116. The highest BCUT2D eigenvalue weighted by Crippen LogP contribution is 2.50. The molecular formula is C43H26F6N4. The van der Waals surface area contributed by atoms with Gasteiger partial charge in [-0.25, -0.2) is 9.69 Å². The van der Waals surface area contributed by atoms with E-state index in [1.807, 2.05) is 63.2 Å². The molecule has 0 unspecified atom stereocenters. The molecule has 260 valence electrons. The number of rotatable bonds is 3. The van der Waals surface area contributed by atoms with Crippen molar-refractivity contribution in [1.29, 1.82) is 0 Å². The summed E-state index contributed by atoms with van der Waals surface area (Å²) in [4.78, 5) is 7.53. The average molecular weight is 713 g/mol. The molecule has 0 radical (unpaired) electrons. The number of hydrogen-bond donors (Lipinski definition) is 0. The van der Waals surface area contributed by atoms with Gasteiger partial charge in [-0.05, 0) is 87.0 Å². The molecule has 10 heteroatoms. The molecule has 0 aliphatic rings. The monoisotopic (exact) mass is 712 g/mol. The van der Waals surface area contributed by atoms with Crippen molar-refractivity contribution in [2.75, 3.05) is 0 Å². The highest BCUT2D eigenvalue weighted by atomic mass is 19.4. The van der Waals surface area contributed by atoms with Crippen LogP contribution < -0.4 is 0 Å². The summed E-state index contributed by atoms with van der Waals surface area (Å²) in [5.41, 5.74) is 2.70. The first-order valence-corrected chi connectivity index (χ1v) is 16.5. The molecule has 0 fully saturated rings. The van der Waals surface area contributed by atoms with Crippen LogP contribution in [-0.2, 0) is 12.4 Å². The standard InChI is InChI=1S/C43H26F6N4/c1-23-9-14-34-30(21-23)31-22-26(42(44,45)46)12-17-35(31)52(34)38-18-13-27(39-32(43(47,48)49)7-6-8-33(39)50-4)41(40(38)51-5)53-36-15-10-24(2)19-28(36)29-20-25(3)11-16-37(29)53/h6-22H,1-3H3. The van der Waals surface area contributed by atoms with E-state index in [9.17, 15) is 26.3 Å². The van der Waals surface area contributed by atoms with Crippen molar-refractivity contribution in [2.45, 2.75) is 33.1 Å². The first-order chi connectivity index (χ1) is 25.2. The molecule has 0 bridgehead atoms. The smallest absolute Gasteiger partial charge is 0.319 e. The number of nitrogens with zero attached hydrogens (tertiary/aromatic N) is 4. The number of aromatic nitrogens is 2. The second-order valence-electron chi connectivity index (χ2n) is 13.2. The molecule has 0 N–H and O–H groups in total. The predicted octanol–water partition coefficient (Wildman–Crippen LogP) is 13.6. The molecular weight excluding hydrogens is 686 g/mol. The predicted molar refractivity (Wildman–Crippen MR) is 197 cm³/mol. The van der Waals surface area contributed by atoms with E-state index in [0.717, 1.165) is 45.7 Å². The summed E-state index contributed by atoms with van der Waals surface area (Å²) in [5, 5.41) is 2.46. The summed E-state index contributed by atoms with van der Waals surface area (Å²) in [5.74, 6) is 0. The molecule has 0 spiro atoms. The van der Waals surface area contributed by atoms with Gasteiger partial charge in [-0.15, -0.1) is 0 Å². The van der Waals surface area contributed by atoms with Crippen molar-refractivity contribution in [1.82, 2.24) is 9.13 Å².